The molecule has 10 nitrogen and oxygen atoms in total. The van der Waals surface area contributed by atoms with Crippen LogP contribution in [0.4, 0.5) is 4.79 Å². The van der Waals surface area contributed by atoms with E-state index in [1.807, 2.05) is 0 Å². The average molecular weight is 296 g/mol. The Labute approximate surface area is 110 Å². The van der Waals surface area contributed by atoms with Gasteiger partial charge >= 0.3 is 12.0 Å². The molecule has 0 aromatic rings. The van der Waals surface area contributed by atoms with Crippen molar-refractivity contribution in [3.63, 3.8) is 0 Å². The number of nitrogens with one attached hydrogen (secondary N) is 4. The molecule has 0 spiro atoms. The van der Waals surface area contributed by atoms with Crippen LogP contribution in [-0.2, 0) is 19.6 Å². The molecule has 0 aromatic carbocycles. The summed E-state index contributed by atoms with van der Waals surface area (Å²) >= 11 is 0. The fourth-order valence-electron chi connectivity index (χ4n) is 0.872. The van der Waals surface area contributed by atoms with Gasteiger partial charge in [0.05, 0.1) is 12.8 Å². The van der Waals surface area contributed by atoms with Crippen molar-refractivity contribution < 1.29 is 27.9 Å². The molecule has 0 aliphatic heterocycles. The largest absolute Gasteiger partial charge is 0.480 e. The van der Waals surface area contributed by atoms with Gasteiger partial charge in [0, 0.05) is 13.1 Å². The monoisotopic (exact) mass is 296 g/mol. The highest BCUT2D eigenvalue weighted by atomic mass is 32.2. The maximum atomic E-state index is 11.1. The molecule has 0 aliphatic carbocycles. The van der Waals surface area contributed by atoms with Crippen molar-refractivity contribution in [3.8, 4) is 0 Å². The van der Waals surface area contributed by atoms with Crippen LogP contribution < -0.4 is 20.7 Å². The van der Waals surface area contributed by atoms with E-state index in [4.69, 9.17) is 5.11 Å². The molecule has 0 aromatic heterocycles. The van der Waals surface area contributed by atoms with Gasteiger partial charge in [-0.15, -0.1) is 0 Å². The lowest BCUT2D eigenvalue weighted by atomic mass is 10.5. The van der Waals surface area contributed by atoms with Crippen molar-refractivity contribution in [2.24, 2.45) is 0 Å². The van der Waals surface area contributed by atoms with Gasteiger partial charge < -0.3 is 21.1 Å². The van der Waals surface area contributed by atoms with Crippen molar-refractivity contribution in [3.05, 3.63) is 0 Å². The Morgan fingerprint density at radius 2 is 1.63 bits per heavy atom. The second-order valence-electron chi connectivity index (χ2n) is 3.45. The van der Waals surface area contributed by atoms with Crippen LogP contribution in [0.2, 0.25) is 0 Å². The van der Waals surface area contributed by atoms with Crippen LogP contribution in [0.5, 0.6) is 0 Å². The van der Waals surface area contributed by atoms with E-state index in [2.05, 4.69) is 20.7 Å². The lowest BCUT2D eigenvalue weighted by Gasteiger charge is -2.07. The standard InChI is InChI=1S/C8H16N4O6S/c1-19(17,18)12-3-2-9-8(16)11-4-6(13)10-5-7(14)15/h12H,2-5H2,1H3,(H,10,13)(H,14,15)(H2,9,11,16). The van der Waals surface area contributed by atoms with Crippen LogP contribution in [0.1, 0.15) is 0 Å². The van der Waals surface area contributed by atoms with E-state index >= 15 is 0 Å². The van der Waals surface area contributed by atoms with Gasteiger partial charge in [-0.25, -0.2) is 17.9 Å². The van der Waals surface area contributed by atoms with Gasteiger partial charge in [0.15, 0.2) is 0 Å². The number of carboxylic acid groups (broad SMARTS) is 1. The molecule has 0 heterocycles. The predicted molar refractivity (Wildman–Crippen MR) is 64.9 cm³/mol. The first-order chi connectivity index (χ1) is 8.70. The Bertz CT molecular complexity index is 435. The third-order valence-corrected chi connectivity index (χ3v) is 2.35. The van der Waals surface area contributed by atoms with Crippen LogP contribution in [0.25, 0.3) is 0 Å². The summed E-state index contributed by atoms with van der Waals surface area (Å²) in [6.07, 6.45) is 0.986. The van der Waals surface area contributed by atoms with Gasteiger partial charge in [0.25, 0.3) is 0 Å². The van der Waals surface area contributed by atoms with Gasteiger partial charge in [-0.05, 0) is 0 Å². The number of aliphatic carboxylic acids is 1. The molecule has 0 saturated carbocycles. The zero-order chi connectivity index (χ0) is 14.9. The minimum atomic E-state index is -3.30. The van der Waals surface area contributed by atoms with E-state index in [-0.39, 0.29) is 19.6 Å². The van der Waals surface area contributed by atoms with E-state index in [0.717, 1.165) is 6.26 Å². The SMILES string of the molecule is CS(=O)(=O)NCCNC(=O)NCC(=O)NCC(=O)O. The van der Waals surface area contributed by atoms with E-state index in [1.54, 1.807) is 0 Å². The molecule has 0 unspecified atom stereocenters. The lowest BCUT2D eigenvalue weighted by molar-refractivity contribution is -0.137. The number of rotatable bonds is 8. The second-order valence-corrected chi connectivity index (χ2v) is 5.28. The normalized spacial score (nSPS) is 10.6. The molecule has 0 fully saturated rings. The van der Waals surface area contributed by atoms with Crippen molar-refractivity contribution in [2.75, 3.05) is 32.4 Å². The Hall–Kier alpha value is -1.88. The minimum absolute atomic E-state index is 0.0253. The number of hydrogen-bond donors (Lipinski definition) is 5. The Kier molecular flexibility index (Phi) is 7.44. The predicted octanol–water partition coefficient (Wildman–Crippen LogP) is -2.96. The van der Waals surface area contributed by atoms with Crippen molar-refractivity contribution in [2.45, 2.75) is 0 Å². The number of carboxylic acids is 1. The number of carbonyl (C=O) groups is 3. The number of sulfonamides is 1. The van der Waals surface area contributed by atoms with Crippen LogP contribution in [0, 0.1) is 0 Å². The lowest BCUT2D eigenvalue weighted by Crippen LogP contribution is -2.44. The quantitative estimate of drug-likeness (QED) is 0.301. The molecule has 0 atom stereocenters. The summed E-state index contributed by atoms with van der Waals surface area (Å²) in [5.41, 5.74) is 0. The zero-order valence-corrected chi connectivity index (χ0v) is 11.0. The Morgan fingerprint density at radius 1 is 1.00 bits per heavy atom. The number of amides is 3. The van der Waals surface area contributed by atoms with Crippen LogP contribution in [0.15, 0.2) is 0 Å². The highest BCUT2D eigenvalue weighted by Gasteiger charge is 2.06. The second kappa shape index (κ2) is 8.26. The highest BCUT2D eigenvalue weighted by Crippen LogP contribution is 1.72. The van der Waals surface area contributed by atoms with Crippen molar-refractivity contribution in [1.29, 1.82) is 0 Å². The Morgan fingerprint density at radius 3 is 2.16 bits per heavy atom. The summed E-state index contributed by atoms with van der Waals surface area (Å²) in [6.45, 7) is -0.827. The topological polar surface area (TPSA) is 154 Å². The fourth-order valence-corrected chi connectivity index (χ4v) is 1.35. The van der Waals surface area contributed by atoms with Crippen molar-refractivity contribution in [1.82, 2.24) is 20.7 Å². The number of carbonyl (C=O) groups excluding carboxylic acids is 2. The number of urea groups is 1. The van der Waals surface area contributed by atoms with E-state index in [1.165, 1.54) is 0 Å². The molecule has 0 rings (SSSR count). The van der Waals surface area contributed by atoms with Gasteiger partial charge in [0.2, 0.25) is 15.9 Å². The molecule has 5 N–H and O–H groups in total. The summed E-state index contributed by atoms with van der Waals surface area (Å²) in [4.78, 5) is 32.2. The van der Waals surface area contributed by atoms with Crippen molar-refractivity contribution >= 4 is 27.9 Å². The molecular formula is C8H16N4O6S. The molecule has 0 aliphatic rings. The highest BCUT2D eigenvalue weighted by molar-refractivity contribution is 7.88. The summed E-state index contributed by atoms with van der Waals surface area (Å²) < 4.78 is 23.5. The third kappa shape index (κ3) is 12.4. The van der Waals surface area contributed by atoms with Gasteiger partial charge in [-0.1, -0.05) is 0 Å². The first-order valence-electron chi connectivity index (χ1n) is 5.15. The zero-order valence-electron chi connectivity index (χ0n) is 10.2. The maximum Gasteiger partial charge on any atom is 0.322 e. The van der Waals surface area contributed by atoms with Gasteiger partial charge in [-0.3, -0.25) is 9.59 Å². The summed E-state index contributed by atoms with van der Waals surface area (Å²) in [6, 6.07) is -0.666. The van der Waals surface area contributed by atoms with Crippen LogP contribution in [0.3, 0.4) is 0 Å². The number of hydrogen-bond acceptors (Lipinski definition) is 5. The van der Waals surface area contributed by atoms with Crippen LogP contribution in [-0.4, -0.2) is 63.9 Å². The third-order valence-electron chi connectivity index (χ3n) is 1.62. The van der Waals surface area contributed by atoms with E-state index in [0.29, 0.717) is 0 Å². The van der Waals surface area contributed by atoms with E-state index in [9.17, 15) is 22.8 Å². The van der Waals surface area contributed by atoms with Crippen LogP contribution >= 0.6 is 0 Å². The molecule has 11 heteroatoms. The molecule has 0 saturated heterocycles. The molecule has 0 radical (unpaired) electrons. The van der Waals surface area contributed by atoms with Gasteiger partial charge in [-0.2, -0.15) is 0 Å². The first kappa shape index (κ1) is 17.1. The maximum absolute atomic E-state index is 11.1. The van der Waals surface area contributed by atoms with Gasteiger partial charge in [0.1, 0.15) is 6.54 Å². The van der Waals surface area contributed by atoms with E-state index < -0.39 is 34.5 Å². The first-order valence-corrected chi connectivity index (χ1v) is 7.04. The average Bonchev–Trinajstić information content (AvgIpc) is 2.28. The fraction of sp³-hybridized carbons (Fsp3) is 0.625. The summed E-state index contributed by atoms with van der Waals surface area (Å²) in [5, 5.41) is 14.8. The summed E-state index contributed by atoms with van der Waals surface area (Å²) in [5.74, 6) is -1.84. The Balaban J connectivity index is 3.64. The molecule has 19 heavy (non-hydrogen) atoms. The molecule has 0 bridgehead atoms. The summed E-state index contributed by atoms with van der Waals surface area (Å²) in [7, 11) is -3.30. The smallest absolute Gasteiger partial charge is 0.322 e. The molecule has 110 valence electrons. The molecule has 3 amide bonds. The molecular weight excluding hydrogens is 280 g/mol. The minimum Gasteiger partial charge on any atom is -0.480 e.